The molecule has 2 heterocycles. The van der Waals surface area contributed by atoms with E-state index in [2.05, 4.69) is 21.0 Å². The van der Waals surface area contributed by atoms with E-state index in [1.165, 1.54) is 4.90 Å². The molecule has 1 aliphatic heterocycles. The summed E-state index contributed by atoms with van der Waals surface area (Å²) in [7, 11) is 0. The van der Waals surface area contributed by atoms with Gasteiger partial charge in [-0.3, -0.25) is 14.3 Å². The van der Waals surface area contributed by atoms with E-state index in [4.69, 9.17) is 0 Å². The second-order valence-corrected chi connectivity index (χ2v) is 7.05. The maximum absolute atomic E-state index is 13.2. The summed E-state index contributed by atoms with van der Waals surface area (Å²) in [4.78, 5) is 27.6. The minimum Gasteiger partial charge on any atom is -0.268 e. The van der Waals surface area contributed by atoms with Gasteiger partial charge in [0.15, 0.2) is 0 Å². The molecule has 0 fully saturated rings. The van der Waals surface area contributed by atoms with Gasteiger partial charge in [0.1, 0.15) is 0 Å². The van der Waals surface area contributed by atoms with Crippen LogP contribution in [0.5, 0.6) is 0 Å². The Bertz CT molecular complexity index is 1070. The van der Waals surface area contributed by atoms with Crippen LogP contribution in [0.25, 0.3) is 10.8 Å². The Morgan fingerprint density at radius 2 is 1.80 bits per heavy atom. The van der Waals surface area contributed by atoms with Crippen molar-refractivity contribution in [2.75, 3.05) is 4.90 Å². The van der Waals surface area contributed by atoms with Crippen LogP contribution < -0.4 is 4.90 Å². The van der Waals surface area contributed by atoms with Crippen LogP contribution in [0.3, 0.4) is 0 Å². The molecule has 5 nitrogen and oxygen atoms in total. The molecular formula is C19H16BrN3O2. The Labute approximate surface area is 153 Å². The quantitative estimate of drug-likeness (QED) is 0.607. The van der Waals surface area contributed by atoms with Gasteiger partial charge in [-0.25, -0.2) is 4.90 Å². The molecule has 0 bridgehead atoms. The zero-order chi connectivity index (χ0) is 17.9. The van der Waals surface area contributed by atoms with Gasteiger partial charge in [0.25, 0.3) is 11.8 Å². The van der Waals surface area contributed by atoms with Crippen LogP contribution in [0.2, 0.25) is 0 Å². The number of carbonyl (C=O) groups excluding carboxylic acids is 2. The maximum Gasteiger partial charge on any atom is 0.266 e. The number of rotatable bonds is 2. The number of nitrogens with zero attached hydrogens (tertiary/aromatic N) is 3. The molecule has 4 rings (SSSR count). The van der Waals surface area contributed by atoms with Crippen LogP contribution in [0.4, 0.5) is 5.69 Å². The van der Waals surface area contributed by atoms with Gasteiger partial charge in [-0.05, 0) is 44.4 Å². The summed E-state index contributed by atoms with van der Waals surface area (Å²) in [6, 6.07) is 9.23. The summed E-state index contributed by atoms with van der Waals surface area (Å²) >= 11 is 3.46. The highest BCUT2D eigenvalue weighted by molar-refractivity contribution is 9.10. The number of amides is 2. The molecule has 2 aromatic carbocycles. The molecule has 1 aromatic heterocycles. The number of aromatic nitrogens is 2. The summed E-state index contributed by atoms with van der Waals surface area (Å²) < 4.78 is 2.62. The molecule has 1 aliphatic rings. The minimum absolute atomic E-state index is 0.299. The monoisotopic (exact) mass is 397 g/mol. The van der Waals surface area contributed by atoms with Crippen LogP contribution in [-0.4, -0.2) is 21.6 Å². The van der Waals surface area contributed by atoms with E-state index >= 15 is 0 Å². The highest BCUT2D eigenvalue weighted by Gasteiger charge is 2.37. The molecule has 3 aromatic rings. The van der Waals surface area contributed by atoms with Crippen molar-refractivity contribution in [1.29, 1.82) is 0 Å². The van der Waals surface area contributed by atoms with Crippen LogP contribution in [0, 0.1) is 13.8 Å². The van der Waals surface area contributed by atoms with Gasteiger partial charge in [0, 0.05) is 22.0 Å². The van der Waals surface area contributed by atoms with Crippen molar-refractivity contribution in [1.82, 2.24) is 9.78 Å². The predicted molar refractivity (Wildman–Crippen MR) is 100 cm³/mol. The van der Waals surface area contributed by atoms with Crippen LogP contribution in [0.1, 0.15) is 39.0 Å². The SMILES string of the molecule is CCn1nc(C)c(N2C(=O)c3cccc4cc(Br)cc(c34)C2=O)c1C. The van der Waals surface area contributed by atoms with Crippen LogP contribution in [0.15, 0.2) is 34.8 Å². The molecule has 0 atom stereocenters. The zero-order valence-corrected chi connectivity index (χ0v) is 15.7. The highest BCUT2D eigenvalue weighted by atomic mass is 79.9. The van der Waals surface area contributed by atoms with E-state index in [-0.39, 0.29) is 11.8 Å². The van der Waals surface area contributed by atoms with Gasteiger partial charge >= 0.3 is 0 Å². The van der Waals surface area contributed by atoms with Crippen molar-refractivity contribution in [2.45, 2.75) is 27.3 Å². The second-order valence-electron chi connectivity index (χ2n) is 6.14. The Hall–Kier alpha value is -2.47. The molecule has 6 heteroatoms. The molecule has 0 radical (unpaired) electrons. The first-order valence-electron chi connectivity index (χ1n) is 8.09. The largest absolute Gasteiger partial charge is 0.268 e. The molecule has 0 aliphatic carbocycles. The summed E-state index contributed by atoms with van der Waals surface area (Å²) in [6.07, 6.45) is 0. The van der Waals surface area contributed by atoms with Gasteiger partial charge in [-0.15, -0.1) is 0 Å². The van der Waals surface area contributed by atoms with Crippen LogP contribution in [-0.2, 0) is 6.54 Å². The molecule has 0 saturated carbocycles. The average Bonchev–Trinajstić information content (AvgIpc) is 2.87. The number of imide groups is 1. The molecule has 0 unspecified atom stereocenters. The smallest absolute Gasteiger partial charge is 0.266 e. The lowest BCUT2D eigenvalue weighted by Gasteiger charge is -2.27. The summed E-state index contributed by atoms with van der Waals surface area (Å²) in [5, 5.41) is 6.05. The molecule has 2 amide bonds. The Kier molecular flexibility index (Phi) is 3.54. The summed E-state index contributed by atoms with van der Waals surface area (Å²) in [5.41, 5.74) is 3.14. The predicted octanol–water partition coefficient (Wildman–Crippen LogP) is 4.24. The third-order valence-corrected chi connectivity index (χ3v) is 5.13. The maximum atomic E-state index is 13.2. The van der Waals surface area contributed by atoms with Crippen molar-refractivity contribution < 1.29 is 9.59 Å². The first-order valence-corrected chi connectivity index (χ1v) is 8.88. The van der Waals surface area contributed by atoms with Crippen molar-refractivity contribution in [3.63, 3.8) is 0 Å². The normalized spacial score (nSPS) is 13.8. The fourth-order valence-corrected chi connectivity index (χ4v) is 4.07. The number of halogens is 1. The van der Waals surface area contributed by atoms with E-state index in [0.29, 0.717) is 29.1 Å². The van der Waals surface area contributed by atoms with Crippen LogP contribution >= 0.6 is 15.9 Å². The van der Waals surface area contributed by atoms with E-state index < -0.39 is 0 Å². The van der Waals surface area contributed by atoms with Gasteiger partial charge < -0.3 is 0 Å². The van der Waals surface area contributed by atoms with Crippen molar-refractivity contribution in [2.24, 2.45) is 0 Å². The van der Waals surface area contributed by atoms with E-state index in [1.807, 2.05) is 43.7 Å². The highest BCUT2D eigenvalue weighted by Crippen LogP contribution is 2.36. The molecule has 0 spiro atoms. The number of anilines is 1. The lowest BCUT2D eigenvalue weighted by molar-refractivity contribution is 0.0893. The van der Waals surface area contributed by atoms with Gasteiger partial charge in [-0.2, -0.15) is 5.10 Å². The zero-order valence-electron chi connectivity index (χ0n) is 14.1. The van der Waals surface area contributed by atoms with Crippen molar-refractivity contribution >= 4 is 44.2 Å². The van der Waals surface area contributed by atoms with Gasteiger partial charge in [0.2, 0.25) is 0 Å². The van der Waals surface area contributed by atoms with E-state index in [9.17, 15) is 9.59 Å². The first kappa shape index (κ1) is 16.0. The first-order chi connectivity index (χ1) is 11.9. The molecule has 126 valence electrons. The lowest BCUT2D eigenvalue weighted by atomic mass is 9.93. The Morgan fingerprint density at radius 1 is 1.08 bits per heavy atom. The molecule has 0 N–H and O–H groups in total. The van der Waals surface area contributed by atoms with Gasteiger partial charge in [-0.1, -0.05) is 28.1 Å². The third-order valence-electron chi connectivity index (χ3n) is 4.68. The molecule has 0 saturated heterocycles. The summed E-state index contributed by atoms with van der Waals surface area (Å²) in [6.45, 7) is 6.37. The number of hydrogen-bond donors (Lipinski definition) is 0. The number of benzene rings is 2. The fraction of sp³-hybridized carbons (Fsp3) is 0.211. The number of hydrogen-bond acceptors (Lipinski definition) is 3. The fourth-order valence-electron chi connectivity index (χ4n) is 3.59. The lowest BCUT2D eigenvalue weighted by Crippen LogP contribution is -2.41. The molecular weight excluding hydrogens is 382 g/mol. The number of carbonyl (C=O) groups is 2. The number of aryl methyl sites for hydroxylation is 2. The Morgan fingerprint density at radius 3 is 2.48 bits per heavy atom. The molecule has 25 heavy (non-hydrogen) atoms. The third kappa shape index (κ3) is 2.17. The van der Waals surface area contributed by atoms with E-state index in [1.54, 1.807) is 12.1 Å². The van der Waals surface area contributed by atoms with Gasteiger partial charge in [0.05, 0.1) is 22.6 Å². The summed E-state index contributed by atoms with van der Waals surface area (Å²) in [5.74, 6) is -0.607. The topological polar surface area (TPSA) is 55.2 Å². The van der Waals surface area contributed by atoms with E-state index in [0.717, 1.165) is 20.9 Å². The Balaban J connectivity index is 2.02. The average molecular weight is 398 g/mol. The standard InChI is InChI=1S/C19H16BrN3O2/c1-4-22-11(3)17(10(2)21-22)23-18(24)14-7-5-6-12-8-13(20)9-15(16(12)14)19(23)25/h5-9H,4H2,1-3H3. The van der Waals surface area contributed by atoms with Crippen molar-refractivity contribution in [3.8, 4) is 0 Å². The van der Waals surface area contributed by atoms with Crippen molar-refractivity contribution in [3.05, 3.63) is 57.3 Å². The minimum atomic E-state index is -0.308. The second kappa shape index (κ2) is 5.52.